The monoisotopic (exact) mass is 216 g/mol. The first kappa shape index (κ1) is 12.9. The van der Waals surface area contributed by atoms with E-state index in [2.05, 4.69) is 31.1 Å². The Kier molecular flexibility index (Phi) is 5.53. The number of aliphatic hydroxyl groups excluding tert-OH is 1. The van der Waals surface area contributed by atoms with Crippen molar-refractivity contribution >= 4 is 0 Å². The Labute approximate surface area is 92.6 Å². The van der Waals surface area contributed by atoms with Gasteiger partial charge in [-0.2, -0.15) is 0 Å². The largest absolute Gasteiger partial charge is 0.395 e. The van der Waals surface area contributed by atoms with Crippen LogP contribution in [-0.2, 0) is 4.74 Å². The normalized spacial score (nSPS) is 24.0. The van der Waals surface area contributed by atoms with Crippen molar-refractivity contribution < 1.29 is 9.84 Å². The average molecular weight is 216 g/mol. The summed E-state index contributed by atoms with van der Waals surface area (Å²) >= 11 is 0. The smallest absolute Gasteiger partial charge is 0.0622 e. The van der Waals surface area contributed by atoms with Crippen LogP contribution >= 0.6 is 0 Å². The van der Waals surface area contributed by atoms with Crippen molar-refractivity contribution in [1.82, 2.24) is 10.2 Å². The van der Waals surface area contributed by atoms with E-state index in [1.54, 1.807) is 0 Å². The van der Waals surface area contributed by atoms with Gasteiger partial charge in [-0.15, -0.1) is 0 Å². The standard InChI is InChI=1S/C11H24N2O2/c1-9(2)12-10(7-14)6-13(3)11-4-5-15-8-11/h9-12,14H,4-8H2,1-3H3. The molecule has 0 aliphatic carbocycles. The number of rotatable bonds is 6. The van der Waals surface area contributed by atoms with Crippen LogP contribution in [0.1, 0.15) is 20.3 Å². The van der Waals surface area contributed by atoms with Gasteiger partial charge in [-0.05, 0) is 13.5 Å². The van der Waals surface area contributed by atoms with Crippen LogP contribution in [0.5, 0.6) is 0 Å². The van der Waals surface area contributed by atoms with Crippen LogP contribution in [0, 0.1) is 0 Å². The van der Waals surface area contributed by atoms with E-state index in [9.17, 15) is 5.11 Å². The molecule has 0 aromatic heterocycles. The van der Waals surface area contributed by atoms with Crippen LogP contribution in [0.3, 0.4) is 0 Å². The highest BCUT2D eigenvalue weighted by molar-refractivity contribution is 4.78. The van der Waals surface area contributed by atoms with Crippen LogP contribution in [0.2, 0.25) is 0 Å². The SMILES string of the molecule is CC(C)NC(CO)CN(C)C1CCOC1. The molecular weight excluding hydrogens is 192 g/mol. The zero-order chi connectivity index (χ0) is 11.3. The molecule has 0 amide bonds. The van der Waals surface area contributed by atoms with Crippen molar-refractivity contribution in [3.63, 3.8) is 0 Å². The van der Waals surface area contributed by atoms with E-state index in [4.69, 9.17) is 4.74 Å². The number of nitrogens with one attached hydrogen (secondary N) is 1. The van der Waals surface area contributed by atoms with E-state index < -0.39 is 0 Å². The number of likely N-dealkylation sites (N-methyl/N-ethyl adjacent to an activating group) is 1. The summed E-state index contributed by atoms with van der Waals surface area (Å²) in [5, 5.41) is 12.6. The minimum atomic E-state index is 0.163. The van der Waals surface area contributed by atoms with E-state index in [-0.39, 0.29) is 12.6 Å². The highest BCUT2D eigenvalue weighted by atomic mass is 16.5. The van der Waals surface area contributed by atoms with Gasteiger partial charge in [-0.25, -0.2) is 0 Å². The molecule has 0 bridgehead atoms. The molecule has 2 unspecified atom stereocenters. The van der Waals surface area contributed by atoms with Gasteiger partial charge in [-0.3, -0.25) is 4.90 Å². The number of aliphatic hydroxyl groups is 1. The zero-order valence-electron chi connectivity index (χ0n) is 10.1. The fourth-order valence-electron chi connectivity index (χ4n) is 2.00. The Morgan fingerprint density at radius 2 is 2.27 bits per heavy atom. The minimum absolute atomic E-state index is 0.163. The molecule has 0 aromatic carbocycles. The van der Waals surface area contributed by atoms with Gasteiger partial charge in [0.15, 0.2) is 0 Å². The Balaban J connectivity index is 2.29. The van der Waals surface area contributed by atoms with Gasteiger partial charge in [0, 0.05) is 31.3 Å². The highest BCUT2D eigenvalue weighted by Crippen LogP contribution is 2.10. The quantitative estimate of drug-likeness (QED) is 0.659. The molecule has 1 aliphatic rings. The molecule has 1 aliphatic heterocycles. The highest BCUT2D eigenvalue weighted by Gasteiger charge is 2.22. The lowest BCUT2D eigenvalue weighted by atomic mass is 10.2. The summed E-state index contributed by atoms with van der Waals surface area (Å²) in [6, 6.07) is 1.10. The molecule has 2 N–H and O–H groups in total. The molecule has 0 radical (unpaired) electrons. The maximum absolute atomic E-state index is 9.25. The fourth-order valence-corrected chi connectivity index (χ4v) is 2.00. The van der Waals surface area contributed by atoms with Crippen LogP contribution < -0.4 is 5.32 Å². The van der Waals surface area contributed by atoms with Crippen LogP contribution in [0.4, 0.5) is 0 Å². The lowest BCUT2D eigenvalue weighted by Crippen LogP contribution is -2.47. The van der Waals surface area contributed by atoms with Gasteiger partial charge < -0.3 is 15.2 Å². The summed E-state index contributed by atoms with van der Waals surface area (Å²) in [7, 11) is 2.10. The van der Waals surface area contributed by atoms with E-state index in [1.165, 1.54) is 0 Å². The second-order valence-corrected chi connectivity index (χ2v) is 4.66. The maximum atomic E-state index is 9.25. The topological polar surface area (TPSA) is 44.7 Å². The lowest BCUT2D eigenvalue weighted by molar-refractivity contribution is 0.137. The predicted molar refractivity (Wildman–Crippen MR) is 61.0 cm³/mol. The summed E-state index contributed by atoms with van der Waals surface area (Å²) in [4.78, 5) is 2.28. The Hall–Kier alpha value is -0.160. The van der Waals surface area contributed by atoms with E-state index in [1.807, 2.05) is 0 Å². The first-order chi connectivity index (χ1) is 7.13. The first-order valence-corrected chi connectivity index (χ1v) is 5.78. The van der Waals surface area contributed by atoms with Crippen molar-refractivity contribution in [2.45, 2.75) is 38.4 Å². The molecular formula is C11H24N2O2. The third kappa shape index (κ3) is 4.47. The molecule has 15 heavy (non-hydrogen) atoms. The van der Waals surface area contributed by atoms with Crippen molar-refractivity contribution in [2.75, 3.05) is 33.4 Å². The molecule has 0 spiro atoms. The van der Waals surface area contributed by atoms with E-state index in [0.29, 0.717) is 12.1 Å². The van der Waals surface area contributed by atoms with Gasteiger partial charge in [-0.1, -0.05) is 13.8 Å². The zero-order valence-corrected chi connectivity index (χ0v) is 10.1. The summed E-state index contributed by atoms with van der Waals surface area (Å²) in [6.07, 6.45) is 1.11. The third-order valence-electron chi connectivity index (χ3n) is 2.83. The first-order valence-electron chi connectivity index (χ1n) is 5.78. The van der Waals surface area contributed by atoms with Crippen molar-refractivity contribution in [3.8, 4) is 0 Å². The average Bonchev–Trinajstić information content (AvgIpc) is 2.68. The van der Waals surface area contributed by atoms with Gasteiger partial charge in [0.2, 0.25) is 0 Å². The van der Waals surface area contributed by atoms with Crippen LogP contribution in [0.15, 0.2) is 0 Å². The number of ether oxygens (including phenoxy) is 1. The van der Waals surface area contributed by atoms with Crippen molar-refractivity contribution in [1.29, 1.82) is 0 Å². The molecule has 0 aromatic rings. The van der Waals surface area contributed by atoms with Gasteiger partial charge in [0.25, 0.3) is 0 Å². The second kappa shape index (κ2) is 6.43. The van der Waals surface area contributed by atoms with Gasteiger partial charge in [0.1, 0.15) is 0 Å². The number of hydrogen-bond donors (Lipinski definition) is 2. The Bertz CT molecular complexity index is 170. The maximum Gasteiger partial charge on any atom is 0.0622 e. The lowest BCUT2D eigenvalue weighted by Gasteiger charge is -2.28. The summed E-state index contributed by atoms with van der Waals surface area (Å²) in [5.74, 6) is 0. The molecule has 1 fully saturated rings. The number of hydrogen-bond acceptors (Lipinski definition) is 4. The predicted octanol–water partition coefficient (Wildman–Crippen LogP) is 0.0660. The fraction of sp³-hybridized carbons (Fsp3) is 1.00. The molecule has 2 atom stereocenters. The van der Waals surface area contributed by atoms with E-state index >= 15 is 0 Å². The summed E-state index contributed by atoms with van der Waals surface area (Å²) in [5.41, 5.74) is 0. The molecule has 1 heterocycles. The molecule has 1 saturated heterocycles. The third-order valence-corrected chi connectivity index (χ3v) is 2.83. The molecule has 4 nitrogen and oxygen atoms in total. The summed E-state index contributed by atoms with van der Waals surface area (Å²) < 4.78 is 5.35. The van der Waals surface area contributed by atoms with Crippen molar-refractivity contribution in [3.05, 3.63) is 0 Å². The number of nitrogens with zero attached hydrogens (tertiary/aromatic N) is 1. The van der Waals surface area contributed by atoms with Gasteiger partial charge in [0.05, 0.1) is 13.2 Å². The Morgan fingerprint density at radius 3 is 2.73 bits per heavy atom. The van der Waals surface area contributed by atoms with Crippen molar-refractivity contribution in [2.24, 2.45) is 0 Å². The van der Waals surface area contributed by atoms with E-state index in [0.717, 1.165) is 26.2 Å². The molecule has 0 saturated carbocycles. The molecule has 1 rings (SSSR count). The molecule has 90 valence electrons. The van der Waals surface area contributed by atoms with Crippen LogP contribution in [-0.4, -0.2) is 61.5 Å². The minimum Gasteiger partial charge on any atom is -0.395 e. The molecule has 4 heteroatoms. The summed E-state index contributed by atoms with van der Waals surface area (Å²) in [6.45, 7) is 6.97. The Morgan fingerprint density at radius 1 is 1.53 bits per heavy atom. The van der Waals surface area contributed by atoms with Gasteiger partial charge >= 0.3 is 0 Å². The van der Waals surface area contributed by atoms with Crippen LogP contribution in [0.25, 0.3) is 0 Å². The second-order valence-electron chi connectivity index (χ2n) is 4.66.